The maximum atomic E-state index is 12.2. The Morgan fingerprint density at radius 3 is 2.89 bits per heavy atom. The third-order valence-corrected chi connectivity index (χ3v) is 4.18. The van der Waals surface area contributed by atoms with Crippen LogP contribution in [-0.4, -0.2) is 35.6 Å². The number of nitrogens with one attached hydrogen (secondary N) is 1. The van der Waals surface area contributed by atoms with Crippen molar-refractivity contribution in [2.45, 2.75) is 23.5 Å². The smallest absolute Gasteiger partial charge is 0.235 e. The van der Waals surface area contributed by atoms with Gasteiger partial charge in [-0.25, -0.2) is 0 Å². The van der Waals surface area contributed by atoms with Gasteiger partial charge in [0.05, 0.1) is 10.8 Å². The van der Waals surface area contributed by atoms with Gasteiger partial charge in [-0.1, -0.05) is 6.07 Å². The summed E-state index contributed by atoms with van der Waals surface area (Å²) in [7, 11) is 0.211. The maximum Gasteiger partial charge on any atom is 0.235 e. The van der Waals surface area contributed by atoms with E-state index in [4.69, 9.17) is 10.5 Å². The molecule has 0 aromatic heterocycles. The highest BCUT2D eigenvalue weighted by atomic mass is 32.2. The van der Waals surface area contributed by atoms with E-state index in [1.165, 1.54) is 0 Å². The predicted octanol–water partition coefficient (Wildman–Crippen LogP) is 0.918. The fraction of sp³-hybridized carbons (Fsp3) is 0.462. The zero-order valence-corrected chi connectivity index (χ0v) is 12.0. The molecule has 3 N–H and O–H groups in total. The fourth-order valence-electron chi connectivity index (χ4n) is 1.51. The van der Waals surface area contributed by atoms with Crippen LogP contribution in [0.25, 0.3) is 0 Å². The van der Waals surface area contributed by atoms with Crippen LogP contribution in [0.4, 0.5) is 5.69 Å². The van der Waals surface area contributed by atoms with E-state index >= 15 is 0 Å². The molecule has 6 heteroatoms. The van der Waals surface area contributed by atoms with Gasteiger partial charge >= 0.3 is 0 Å². The highest BCUT2D eigenvalue weighted by Crippen LogP contribution is 2.14. The number of rotatable bonds is 7. The quantitative estimate of drug-likeness (QED) is 0.576. The summed E-state index contributed by atoms with van der Waals surface area (Å²) in [5.41, 5.74) is 6.18. The van der Waals surface area contributed by atoms with E-state index in [2.05, 4.69) is 5.32 Å². The molecule has 19 heavy (non-hydrogen) atoms. The van der Waals surface area contributed by atoms with E-state index in [1.807, 2.05) is 0 Å². The lowest BCUT2D eigenvalue weighted by Crippen LogP contribution is -2.36. The van der Waals surface area contributed by atoms with Gasteiger partial charge in [-0.05, 0) is 31.5 Å². The van der Waals surface area contributed by atoms with Gasteiger partial charge in [0.15, 0.2) is 0 Å². The Morgan fingerprint density at radius 1 is 1.53 bits per heavy atom. The second-order valence-electron chi connectivity index (χ2n) is 4.15. The van der Waals surface area contributed by atoms with E-state index in [9.17, 15) is 9.00 Å². The highest BCUT2D eigenvalue weighted by molar-refractivity contribution is 7.86. The van der Waals surface area contributed by atoms with E-state index in [0.29, 0.717) is 23.7 Å². The van der Waals surface area contributed by atoms with Gasteiger partial charge in [0.1, 0.15) is 5.25 Å². The average Bonchev–Trinajstić information content (AvgIpc) is 2.41. The molecule has 0 aliphatic heterocycles. The van der Waals surface area contributed by atoms with Crippen molar-refractivity contribution in [3.8, 4) is 0 Å². The second kappa shape index (κ2) is 7.91. The summed E-state index contributed by atoms with van der Waals surface area (Å²) < 4.78 is 17.1. The molecule has 106 valence electrons. The molecule has 0 fully saturated rings. The number of hydrogen-bond donors (Lipinski definition) is 2. The first kappa shape index (κ1) is 15.7. The minimum atomic E-state index is -1.40. The van der Waals surface area contributed by atoms with E-state index in [-0.39, 0.29) is 5.91 Å². The van der Waals surface area contributed by atoms with Gasteiger partial charge in [-0.2, -0.15) is 0 Å². The third kappa shape index (κ3) is 5.00. The molecule has 2 unspecified atom stereocenters. The molecule has 0 aliphatic rings. The van der Waals surface area contributed by atoms with Gasteiger partial charge in [-0.3, -0.25) is 9.00 Å². The van der Waals surface area contributed by atoms with Crippen molar-refractivity contribution in [3.63, 3.8) is 0 Å². The number of carbonyl (C=O) groups excluding carboxylic acids is 1. The summed E-state index contributed by atoms with van der Waals surface area (Å²) in [6.07, 6.45) is 0.736. The minimum absolute atomic E-state index is 0.225. The molecule has 0 saturated heterocycles. The molecule has 0 aliphatic carbocycles. The molecule has 5 nitrogen and oxygen atoms in total. The van der Waals surface area contributed by atoms with Gasteiger partial charge < -0.3 is 15.8 Å². The predicted molar refractivity (Wildman–Crippen MR) is 76.2 cm³/mol. The summed E-state index contributed by atoms with van der Waals surface area (Å²) in [6.45, 7) is 2.75. The summed E-state index contributed by atoms with van der Waals surface area (Å²) >= 11 is 0. The second-order valence-corrected chi connectivity index (χ2v) is 5.92. The number of hydrogen-bond acceptors (Lipinski definition) is 4. The first-order chi connectivity index (χ1) is 9.06. The molecule has 1 amide bonds. The van der Waals surface area contributed by atoms with Crippen LogP contribution in [0.3, 0.4) is 0 Å². The van der Waals surface area contributed by atoms with Crippen LogP contribution < -0.4 is 11.1 Å². The van der Waals surface area contributed by atoms with Crippen molar-refractivity contribution >= 4 is 22.4 Å². The standard InChI is InChI=1S/C13H20N2O3S/c1-10(13(16)15-7-4-8-18-2)19(17)12-6-3-5-11(14)9-12/h3,5-6,9-10H,4,7-8,14H2,1-2H3,(H,15,16). The molecular formula is C13H20N2O3S. The van der Waals surface area contributed by atoms with Crippen LogP contribution >= 0.6 is 0 Å². The Kier molecular flexibility index (Phi) is 6.52. The molecule has 1 aromatic carbocycles. The van der Waals surface area contributed by atoms with Gasteiger partial charge in [0.2, 0.25) is 5.91 Å². The van der Waals surface area contributed by atoms with E-state index in [0.717, 1.165) is 6.42 Å². The van der Waals surface area contributed by atoms with Gasteiger partial charge in [0.25, 0.3) is 0 Å². The maximum absolute atomic E-state index is 12.2. The van der Waals surface area contributed by atoms with E-state index in [1.54, 1.807) is 38.3 Å². The first-order valence-corrected chi connectivity index (χ1v) is 7.30. The molecule has 1 rings (SSSR count). The summed E-state index contributed by atoms with van der Waals surface area (Å²) in [5, 5.41) is 2.13. The van der Waals surface area contributed by atoms with Crippen LogP contribution in [0.2, 0.25) is 0 Å². The number of methoxy groups -OCH3 is 1. The number of ether oxygens (including phenoxy) is 1. The van der Waals surface area contributed by atoms with Gasteiger partial charge in [0, 0.05) is 30.8 Å². The Hall–Kier alpha value is -1.40. The molecule has 0 saturated carbocycles. The molecule has 0 heterocycles. The highest BCUT2D eigenvalue weighted by Gasteiger charge is 2.21. The number of benzene rings is 1. The molecule has 0 radical (unpaired) electrons. The fourth-order valence-corrected chi connectivity index (χ4v) is 2.66. The lowest BCUT2D eigenvalue weighted by Gasteiger charge is -2.12. The van der Waals surface area contributed by atoms with Crippen LogP contribution in [0, 0.1) is 0 Å². The SMILES string of the molecule is COCCCNC(=O)C(C)S(=O)c1cccc(N)c1. The first-order valence-electron chi connectivity index (χ1n) is 6.09. The van der Waals surface area contributed by atoms with Crippen molar-refractivity contribution in [3.05, 3.63) is 24.3 Å². The largest absolute Gasteiger partial charge is 0.399 e. The summed E-state index contributed by atoms with van der Waals surface area (Å²) in [5.74, 6) is -0.225. The zero-order valence-electron chi connectivity index (χ0n) is 11.2. The van der Waals surface area contributed by atoms with Crippen LogP contribution in [0.5, 0.6) is 0 Å². The summed E-state index contributed by atoms with van der Waals surface area (Å²) in [6, 6.07) is 6.79. The van der Waals surface area contributed by atoms with Crippen molar-refractivity contribution in [1.82, 2.24) is 5.32 Å². The van der Waals surface area contributed by atoms with Gasteiger partial charge in [-0.15, -0.1) is 0 Å². The number of anilines is 1. The zero-order chi connectivity index (χ0) is 14.3. The monoisotopic (exact) mass is 284 g/mol. The van der Waals surface area contributed by atoms with Crippen molar-refractivity contribution in [1.29, 1.82) is 0 Å². The van der Waals surface area contributed by atoms with E-state index < -0.39 is 16.0 Å². The van der Waals surface area contributed by atoms with Crippen LogP contribution in [-0.2, 0) is 20.3 Å². The molecule has 0 spiro atoms. The van der Waals surface area contributed by atoms with Crippen molar-refractivity contribution in [2.75, 3.05) is 26.0 Å². The van der Waals surface area contributed by atoms with Crippen molar-refractivity contribution < 1.29 is 13.7 Å². The van der Waals surface area contributed by atoms with Crippen LogP contribution in [0.1, 0.15) is 13.3 Å². The minimum Gasteiger partial charge on any atom is -0.399 e. The third-order valence-electron chi connectivity index (χ3n) is 2.61. The Labute approximate surface area is 116 Å². The lowest BCUT2D eigenvalue weighted by molar-refractivity contribution is -0.120. The molecule has 2 atom stereocenters. The number of carbonyl (C=O) groups is 1. The Balaban J connectivity index is 2.54. The average molecular weight is 284 g/mol. The molecule has 0 bridgehead atoms. The van der Waals surface area contributed by atoms with Crippen molar-refractivity contribution in [2.24, 2.45) is 0 Å². The topological polar surface area (TPSA) is 81.4 Å². The molecular weight excluding hydrogens is 264 g/mol. The Bertz CT molecular complexity index is 451. The summed E-state index contributed by atoms with van der Waals surface area (Å²) in [4.78, 5) is 12.4. The molecule has 1 aromatic rings. The lowest BCUT2D eigenvalue weighted by atomic mass is 10.3. The number of nitrogen functional groups attached to an aromatic ring is 1. The Morgan fingerprint density at radius 2 is 2.26 bits per heavy atom. The number of nitrogens with two attached hydrogens (primary N) is 1. The van der Waals surface area contributed by atoms with Crippen LogP contribution in [0.15, 0.2) is 29.2 Å². The normalized spacial score (nSPS) is 13.8. The number of amides is 1.